The highest BCUT2D eigenvalue weighted by molar-refractivity contribution is 5.45. The summed E-state index contributed by atoms with van der Waals surface area (Å²) in [6.45, 7) is 3.49. The van der Waals surface area contributed by atoms with Crippen LogP contribution in [0.1, 0.15) is 41.6 Å². The first-order valence-corrected chi connectivity index (χ1v) is 5.37. The van der Waals surface area contributed by atoms with Crippen molar-refractivity contribution < 1.29 is 14.6 Å². The van der Waals surface area contributed by atoms with Gasteiger partial charge in [0.05, 0.1) is 13.2 Å². The Labute approximate surface area is 88.6 Å². The third-order valence-electron chi connectivity index (χ3n) is 3.19. The fourth-order valence-electron chi connectivity index (χ4n) is 2.33. The van der Waals surface area contributed by atoms with Crippen LogP contribution in [0.3, 0.4) is 0 Å². The summed E-state index contributed by atoms with van der Waals surface area (Å²) >= 11 is 0. The lowest BCUT2D eigenvalue weighted by Crippen LogP contribution is -1.99. The quantitative estimate of drug-likeness (QED) is 0.751. The number of epoxide rings is 1. The standard InChI is InChI=1S/C12H14O3/c1-2-7-8(11-6-14-11)3-4-9-10(7)5-15-12(9)13/h3-4,11-13H,2,5-6H2,1H3. The normalized spacial score (nSPS) is 27.9. The summed E-state index contributed by atoms with van der Waals surface area (Å²) in [5.74, 6) is 0. The van der Waals surface area contributed by atoms with E-state index in [0.717, 1.165) is 24.2 Å². The average molecular weight is 206 g/mol. The summed E-state index contributed by atoms with van der Waals surface area (Å²) in [5, 5.41) is 9.59. The van der Waals surface area contributed by atoms with Crippen LogP contribution in [-0.4, -0.2) is 11.7 Å². The molecule has 0 amide bonds. The lowest BCUT2D eigenvalue weighted by molar-refractivity contribution is -0.0918. The van der Waals surface area contributed by atoms with Gasteiger partial charge in [-0.3, -0.25) is 0 Å². The molecule has 1 aromatic rings. The van der Waals surface area contributed by atoms with Crippen molar-refractivity contribution in [2.75, 3.05) is 6.61 Å². The predicted molar refractivity (Wildman–Crippen MR) is 54.3 cm³/mol. The van der Waals surface area contributed by atoms with Crippen LogP contribution in [0.15, 0.2) is 12.1 Å². The van der Waals surface area contributed by atoms with Crippen LogP contribution in [-0.2, 0) is 22.5 Å². The molecule has 1 fully saturated rings. The largest absolute Gasteiger partial charge is 0.368 e. The number of benzene rings is 1. The van der Waals surface area contributed by atoms with Gasteiger partial charge in [0, 0.05) is 5.56 Å². The van der Waals surface area contributed by atoms with Crippen LogP contribution in [0.5, 0.6) is 0 Å². The maximum atomic E-state index is 9.59. The molecule has 3 heteroatoms. The zero-order valence-corrected chi connectivity index (χ0v) is 8.69. The summed E-state index contributed by atoms with van der Waals surface area (Å²) in [7, 11) is 0. The van der Waals surface area contributed by atoms with Crippen molar-refractivity contribution in [1.29, 1.82) is 0 Å². The molecule has 0 saturated carbocycles. The van der Waals surface area contributed by atoms with Gasteiger partial charge < -0.3 is 14.6 Å². The number of hydrogen-bond donors (Lipinski definition) is 1. The molecule has 15 heavy (non-hydrogen) atoms. The zero-order chi connectivity index (χ0) is 10.4. The molecular formula is C12H14O3. The molecular weight excluding hydrogens is 192 g/mol. The smallest absolute Gasteiger partial charge is 0.181 e. The molecule has 0 spiro atoms. The lowest BCUT2D eigenvalue weighted by atomic mass is 9.94. The molecule has 0 aliphatic carbocycles. The molecule has 2 aliphatic rings. The fraction of sp³-hybridized carbons (Fsp3) is 0.500. The molecule has 0 aromatic heterocycles. The maximum Gasteiger partial charge on any atom is 0.181 e. The van der Waals surface area contributed by atoms with Gasteiger partial charge in [-0.25, -0.2) is 0 Å². The molecule has 80 valence electrons. The second-order valence-corrected chi connectivity index (χ2v) is 4.04. The van der Waals surface area contributed by atoms with E-state index in [-0.39, 0.29) is 6.10 Å². The highest BCUT2D eigenvalue weighted by Gasteiger charge is 2.31. The van der Waals surface area contributed by atoms with E-state index in [9.17, 15) is 5.11 Å². The first-order valence-electron chi connectivity index (χ1n) is 5.37. The van der Waals surface area contributed by atoms with Gasteiger partial charge in [0.2, 0.25) is 0 Å². The summed E-state index contributed by atoms with van der Waals surface area (Å²) in [4.78, 5) is 0. The summed E-state index contributed by atoms with van der Waals surface area (Å²) in [6, 6.07) is 4.02. The average Bonchev–Trinajstić information content (AvgIpc) is 3.03. The van der Waals surface area contributed by atoms with Gasteiger partial charge in [-0.1, -0.05) is 19.1 Å². The molecule has 0 radical (unpaired) electrons. The van der Waals surface area contributed by atoms with E-state index >= 15 is 0 Å². The van der Waals surface area contributed by atoms with Gasteiger partial charge >= 0.3 is 0 Å². The number of ether oxygens (including phenoxy) is 2. The van der Waals surface area contributed by atoms with Crippen LogP contribution >= 0.6 is 0 Å². The predicted octanol–water partition coefficient (Wildman–Crippen LogP) is 1.84. The molecule has 2 unspecified atom stereocenters. The van der Waals surface area contributed by atoms with Gasteiger partial charge in [0.1, 0.15) is 6.10 Å². The van der Waals surface area contributed by atoms with Gasteiger partial charge in [-0.05, 0) is 23.1 Å². The van der Waals surface area contributed by atoms with Crippen LogP contribution in [0.4, 0.5) is 0 Å². The Morgan fingerprint density at radius 3 is 2.73 bits per heavy atom. The molecule has 1 saturated heterocycles. The third kappa shape index (κ3) is 1.39. The minimum absolute atomic E-state index is 0.281. The van der Waals surface area contributed by atoms with Gasteiger partial charge in [-0.15, -0.1) is 0 Å². The summed E-state index contributed by atoms with van der Waals surface area (Å²) in [6.07, 6.45) is 0.511. The monoisotopic (exact) mass is 206 g/mol. The van der Waals surface area contributed by atoms with E-state index in [1.807, 2.05) is 6.07 Å². The van der Waals surface area contributed by atoms with Crippen LogP contribution in [0, 0.1) is 0 Å². The molecule has 2 atom stereocenters. The Kier molecular flexibility index (Phi) is 2.06. The second-order valence-electron chi connectivity index (χ2n) is 4.04. The lowest BCUT2D eigenvalue weighted by Gasteiger charge is -2.10. The van der Waals surface area contributed by atoms with Crippen molar-refractivity contribution in [2.24, 2.45) is 0 Å². The van der Waals surface area contributed by atoms with Crippen LogP contribution < -0.4 is 0 Å². The van der Waals surface area contributed by atoms with Gasteiger partial charge in [-0.2, -0.15) is 0 Å². The molecule has 2 aliphatic heterocycles. The van der Waals surface area contributed by atoms with Crippen molar-refractivity contribution >= 4 is 0 Å². The van der Waals surface area contributed by atoms with Gasteiger partial charge in [0.15, 0.2) is 6.29 Å². The first-order chi connectivity index (χ1) is 7.31. The molecule has 3 rings (SSSR count). The third-order valence-corrected chi connectivity index (χ3v) is 3.19. The number of aliphatic hydroxyl groups is 1. The molecule has 3 nitrogen and oxygen atoms in total. The van der Waals surface area contributed by atoms with Crippen LogP contribution in [0.2, 0.25) is 0 Å². The van der Waals surface area contributed by atoms with E-state index < -0.39 is 6.29 Å². The maximum absolute atomic E-state index is 9.59. The highest BCUT2D eigenvalue weighted by Crippen LogP contribution is 2.39. The van der Waals surface area contributed by atoms with E-state index in [0.29, 0.717) is 6.61 Å². The Balaban J connectivity index is 2.12. The SMILES string of the molecule is CCc1c(C2CO2)ccc2c1COC2O. The fourth-order valence-corrected chi connectivity index (χ4v) is 2.33. The van der Waals surface area contributed by atoms with Crippen molar-refractivity contribution in [3.05, 3.63) is 34.4 Å². The topological polar surface area (TPSA) is 42.0 Å². The number of rotatable bonds is 2. The number of aliphatic hydroxyl groups excluding tert-OH is 1. The van der Waals surface area contributed by atoms with Crippen LogP contribution in [0.25, 0.3) is 0 Å². The number of fused-ring (bicyclic) bond motifs is 1. The minimum Gasteiger partial charge on any atom is -0.368 e. The van der Waals surface area contributed by atoms with E-state index in [1.54, 1.807) is 0 Å². The molecule has 2 heterocycles. The Morgan fingerprint density at radius 1 is 1.33 bits per heavy atom. The van der Waals surface area contributed by atoms with E-state index in [4.69, 9.17) is 9.47 Å². The van der Waals surface area contributed by atoms with E-state index in [1.165, 1.54) is 11.1 Å². The Morgan fingerprint density at radius 2 is 2.07 bits per heavy atom. The zero-order valence-electron chi connectivity index (χ0n) is 8.69. The Bertz CT molecular complexity index is 396. The minimum atomic E-state index is -0.737. The van der Waals surface area contributed by atoms with E-state index in [2.05, 4.69) is 13.0 Å². The molecule has 0 bridgehead atoms. The van der Waals surface area contributed by atoms with Crippen molar-refractivity contribution in [3.63, 3.8) is 0 Å². The summed E-state index contributed by atoms with van der Waals surface area (Å²) in [5.41, 5.74) is 4.66. The highest BCUT2D eigenvalue weighted by atomic mass is 16.6. The van der Waals surface area contributed by atoms with Gasteiger partial charge in [0.25, 0.3) is 0 Å². The van der Waals surface area contributed by atoms with Crippen molar-refractivity contribution in [1.82, 2.24) is 0 Å². The second kappa shape index (κ2) is 3.30. The Hall–Kier alpha value is -0.900. The number of hydrogen-bond acceptors (Lipinski definition) is 3. The molecule has 1 N–H and O–H groups in total. The van der Waals surface area contributed by atoms with Crippen molar-refractivity contribution in [3.8, 4) is 0 Å². The van der Waals surface area contributed by atoms with Crippen molar-refractivity contribution in [2.45, 2.75) is 32.3 Å². The first kappa shape index (κ1) is 9.33. The molecule has 1 aromatic carbocycles. The summed E-state index contributed by atoms with van der Waals surface area (Å²) < 4.78 is 10.6.